The summed E-state index contributed by atoms with van der Waals surface area (Å²) in [6.07, 6.45) is 2.20. The number of hydrogen-bond donors (Lipinski definition) is 1. The van der Waals surface area contributed by atoms with Crippen LogP contribution in [0.3, 0.4) is 0 Å². The highest BCUT2D eigenvalue weighted by Gasteiger charge is 2.36. The van der Waals surface area contributed by atoms with E-state index in [1.807, 2.05) is 0 Å². The van der Waals surface area contributed by atoms with Crippen LogP contribution in [0.4, 0.5) is 0 Å². The molecular formula is C13H24N2O. The molecule has 2 rings (SSSR count). The second-order valence-corrected chi connectivity index (χ2v) is 6.33. The lowest BCUT2D eigenvalue weighted by Crippen LogP contribution is -2.36. The van der Waals surface area contributed by atoms with Gasteiger partial charge in [0.15, 0.2) is 0 Å². The van der Waals surface area contributed by atoms with Gasteiger partial charge in [-0.3, -0.25) is 4.79 Å². The van der Waals surface area contributed by atoms with Crippen LogP contribution in [0.2, 0.25) is 0 Å². The summed E-state index contributed by atoms with van der Waals surface area (Å²) in [5.41, 5.74) is 0.336. The minimum Gasteiger partial charge on any atom is -0.342 e. The van der Waals surface area contributed by atoms with Gasteiger partial charge in [0.25, 0.3) is 0 Å². The first-order chi connectivity index (χ1) is 7.48. The van der Waals surface area contributed by atoms with E-state index in [1.165, 1.54) is 6.42 Å². The summed E-state index contributed by atoms with van der Waals surface area (Å²) in [4.78, 5) is 14.3. The van der Waals surface area contributed by atoms with Crippen LogP contribution >= 0.6 is 0 Å². The molecule has 0 aromatic heterocycles. The average molecular weight is 224 g/mol. The lowest BCUT2D eigenvalue weighted by Gasteiger charge is -2.27. The molecule has 2 atom stereocenters. The Balaban J connectivity index is 1.90. The summed E-state index contributed by atoms with van der Waals surface area (Å²) in [7, 11) is 0. The minimum absolute atomic E-state index is 0.249. The lowest BCUT2D eigenvalue weighted by atomic mass is 9.80. The maximum absolute atomic E-state index is 12.2. The minimum atomic E-state index is 0.249. The van der Waals surface area contributed by atoms with Crippen molar-refractivity contribution in [2.75, 3.05) is 26.2 Å². The van der Waals surface area contributed by atoms with Crippen LogP contribution in [-0.4, -0.2) is 37.0 Å². The van der Waals surface area contributed by atoms with Crippen molar-refractivity contribution in [3.63, 3.8) is 0 Å². The second kappa shape index (κ2) is 4.36. The number of nitrogens with zero attached hydrogens (tertiary/aromatic N) is 1. The van der Waals surface area contributed by atoms with Crippen molar-refractivity contribution in [2.45, 2.75) is 33.6 Å². The Morgan fingerprint density at radius 1 is 1.31 bits per heavy atom. The monoisotopic (exact) mass is 224 g/mol. The fourth-order valence-corrected chi connectivity index (χ4v) is 2.79. The van der Waals surface area contributed by atoms with Crippen LogP contribution < -0.4 is 5.32 Å². The molecule has 1 amide bonds. The van der Waals surface area contributed by atoms with E-state index in [2.05, 4.69) is 31.0 Å². The van der Waals surface area contributed by atoms with Crippen molar-refractivity contribution in [2.24, 2.45) is 17.3 Å². The quantitative estimate of drug-likeness (QED) is 0.732. The molecule has 2 saturated heterocycles. The molecule has 92 valence electrons. The Kier molecular flexibility index (Phi) is 3.24. The van der Waals surface area contributed by atoms with Crippen molar-refractivity contribution in [1.29, 1.82) is 0 Å². The number of carbonyl (C=O) groups is 1. The van der Waals surface area contributed by atoms with Crippen LogP contribution in [0.25, 0.3) is 0 Å². The highest BCUT2D eigenvalue weighted by molar-refractivity contribution is 5.79. The fraction of sp³-hybridized carbons (Fsp3) is 0.923. The van der Waals surface area contributed by atoms with Gasteiger partial charge in [-0.25, -0.2) is 0 Å². The Bertz CT molecular complexity index is 264. The molecule has 2 fully saturated rings. The van der Waals surface area contributed by atoms with Crippen LogP contribution in [0, 0.1) is 17.3 Å². The summed E-state index contributed by atoms with van der Waals surface area (Å²) in [6.45, 7) is 10.7. The molecule has 2 aliphatic rings. The molecule has 2 unspecified atom stereocenters. The molecule has 1 N–H and O–H groups in total. The molecule has 3 heteroatoms. The van der Waals surface area contributed by atoms with E-state index >= 15 is 0 Å². The zero-order valence-corrected chi connectivity index (χ0v) is 10.8. The summed E-state index contributed by atoms with van der Waals surface area (Å²) < 4.78 is 0. The SMILES string of the molecule is CC(C)(C)C1CCN(C(=O)C2CCNC2)C1. The third-order valence-electron chi connectivity index (χ3n) is 4.13. The van der Waals surface area contributed by atoms with Gasteiger partial charge in [-0.2, -0.15) is 0 Å². The van der Waals surface area contributed by atoms with Gasteiger partial charge < -0.3 is 10.2 Å². The molecule has 0 aliphatic carbocycles. The highest BCUT2D eigenvalue weighted by atomic mass is 16.2. The van der Waals surface area contributed by atoms with Gasteiger partial charge >= 0.3 is 0 Å². The van der Waals surface area contributed by atoms with Gasteiger partial charge in [-0.15, -0.1) is 0 Å². The highest BCUT2D eigenvalue weighted by Crippen LogP contribution is 2.34. The van der Waals surface area contributed by atoms with Crippen molar-refractivity contribution >= 4 is 5.91 Å². The first-order valence-electron chi connectivity index (χ1n) is 6.48. The molecule has 0 radical (unpaired) electrons. The van der Waals surface area contributed by atoms with Gasteiger partial charge in [0, 0.05) is 19.6 Å². The molecule has 0 saturated carbocycles. The van der Waals surface area contributed by atoms with E-state index in [0.29, 0.717) is 17.2 Å². The number of likely N-dealkylation sites (tertiary alicyclic amines) is 1. The van der Waals surface area contributed by atoms with Gasteiger partial charge in [0.05, 0.1) is 5.92 Å². The molecular weight excluding hydrogens is 200 g/mol. The van der Waals surface area contributed by atoms with Crippen LogP contribution in [0.15, 0.2) is 0 Å². The molecule has 0 aromatic carbocycles. The van der Waals surface area contributed by atoms with Crippen LogP contribution in [0.5, 0.6) is 0 Å². The predicted octanol–water partition coefficient (Wildman–Crippen LogP) is 1.49. The Hall–Kier alpha value is -0.570. The fourth-order valence-electron chi connectivity index (χ4n) is 2.79. The van der Waals surface area contributed by atoms with E-state index in [9.17, 15) is 4.79 Å². The normalized spacial score (nSPS) is 31.1. The Labute approximate surface area is 98.6 Å². The van der Waals surface area contributed by atoms with Crippen LogP contribution in [-0.2, 0) is 4.79 Å². The number of rotatable bonds is 1. The van der Waals surface area contributed by atoms with Crippen molar-refractivity contribution in [1.82, 2.24) is 10.2 Å². The first kappa shape index (κ1) is 11.9. The first-order valence-corrected chi connectivity index (χ1v) is 6.48. The average Bonchev–Trinajstić information content (AvgIpc) is 2.87. The summed E-state index contributed by atoms with van der Waals surface area (Å²) in [5.74, 6) is 1.31. The largest absolute Gasteiger partial charge is 0.342 e. The van der Waals surface area contributed by atoms with E-state index in [-0.39, 0.29) is 5.92 Å². The van der Waals surface area contributed by atoms with Gasteiger partial charge in [0.2, 0.25) is 5.91 Å². The topological polar surface area (TPSA) is 32.3 Å². The number of nitrogens with one attached hydrogen (secondary N) is 1. The zero-order chi connectivity index (χ0) is 11.8. The van der Waals surface area contributed by atoms with Crippen molar-refractivity contribution < 1.29 is 4.79 Å². The van der Waals surface area contributed by atoms with Gasteiger partial charge in [-0.1, -0.05) is 20.8 Å². The summed E-state index contributed by atoms with van der Waals surface area (Å²) in [6, 6.07) is 0. The van der Waals surface area contributed by atoms with Crippen molar-refractivity contribution in [3.05, 3.63) is 0 Å². The van der Waals surface area contributed by atoms with E-state index in [4.69, 9.17) is 0 Å². The number of amides is 1. The van der Waals surface area contributed by atoms with Crippen LogP contribution in [0.1, 0.15) is 33.6 Å². The summed E-state index contributed by atoms with van der Waals surface area (Å²) >= 11 is 0. The lowest BCUT2D eigenvalue weighted by molar-refractivity contribution is -0.134. The van der Waals surface area contributed by atoms with E-state index in [1.54, 1.807) is 0 Å². The molecule has 2 heterocycles. The number of hydrogen-bond acceptors (Lipinski definition) is 2. The standard InChI is InChI=1S/C13H24N2O/c1-13(2,3)11-5-7-15(9-11)12(16)10-4-6-14-8-10/h10-11,14H,4-9H2,1-3H3. The second-order valence-electron chi connectivity index (χ2n) is 6.33. The zero-order valence-electron chi connectivity index (χ0n) is 10.8. The molecule has 2 aliphatic heterocycles. The van der Waals surface area contributed by atoms with Crippen molar-refractivity contribution in [3.8, 4) is 0 Å². The smallest absolute Gasteiger partial charge is 0.227 e. The van der Waals surface area contributed by atoms with E-state index in [0.717, 1.165) is 32.6 Å². The molecule has 16 heavy (non-hydrogen) atoms. The van der Waals surface area contributed by atoms with Gasteiger partial charge in [0.1, 0.15) is 0 Å². The predicted molar refractivity (Wildman–Crippen MR) is 65.1 cm³/mol. The Morgan fingerprint density at radius 2 is 2.06 bits per heavy atom. The molecule has 0 spiro atoms. The molecule has 0 bridgehead atoms. The molecule has 3 nitrogen and oxygen atoms in total. The third-order valence-corrected chi connectivity index (χ3v) is 4.13. The molecule has 0 aromatic rings. The number of carbonyl (C=O) groups excluding carboxylic acids is 1. The maximum Gasteiger partial charge on any atom is 0.227 e. The maximum atomic E-state index is 12.2. The summed E-state index contributed by atoms with van der Waals surface area (Å²) in [5, 5.41) is 3.27. The third kappa shape index (κ3) is 2.40. The van der Waals surface area contributed by atoms with E-state index < -0.39 is 0 Å². The van der Waals surface area contributed by atoms with Gasteiger partial charge in [-0.05, 0) is 30.7 Å². The Morgan fingerprint density at radius 3 is 2.56 bits per heavy atom.